The average molecular weight is 144 g/mol. The zero-order valence-electron chi connectivity index (χ0n) is 5.99. The summed E-state index contributed by atoms with van der Waals surface area (Å²) in [7, 11) is 0. The minimum Gasteiger partial charge on any atom is -0.375 e. The van der Waals surface area contributed by atoms with Crippen molar-refractivity contribution in [3.8, 4) is 0 Å². The zero-order valence-corrected chi connectivity index (χ0v) is 5.99. The maximum absolute atomic E-state index is 9.20. The van der Waals surface area contributed by atoms with Gasteiger partial charge in [0.2, 0.25) is 0 Å². The second-order valence-corrected chi connectivity index (χ2v) is 3.05. The van der Waals surface area contributed by atoms with Crippen molar-refractivity contribution in [3.05, 3.63) is 0 Å². The molecule has 10 heavy (non-hydrogen) atoms. The third-order valence-corrected chi connectivity index (χ3v) is 2.36. The van der Waals surface area contributed by atoms with Crippen LogP contribution in [0.3, 0.4) is 0 Å². The normalized spacial score (nSPS) is 53.4. The summed E-state index contributed by atoms with van der Waals surface area (Å²) < 4.78 is 10.6. The van der Waals surface area contributed by atoms with Crippen LogP contribution >= 0.6 is 0 Å². The molecule has 2 aliphatic rings. The quantitative estimate of drug-likeness (QED) is 0.525. The lowest BCUT2D eigenvalue weighted by Crippen LogP contribution is -2.22. The van der Waals surface area contributed by atoms with Gasteiger partial charge in [0.05, 0.1) is 12.2 Å². The van der Waals surface area contributed by atoms with E-state index < -0.39 is 6.29 Å². The lowest BCUT2D eigenvalue weighted by Gasteiger charge is -2.11. The van der Waals surface area contributed by atoms with Crippen LogP contribution in [-0.4, -0.2) is 30.2 Å². The van der Waals surface area contributed by atoms with Crippen molar-refractivity contribution in [3.63, 3.8) is 0 Å². The van der Waals surface area contributed by atoms with E-state index in [0.29, 0.717) is 0 Å². The Bertz CT molecular complexity index is 135. The molecule has 3 nitrogen and oxygen atoms in total. The lowest BCUT2D eigenvalue weighted by atomic mass is 10.0. The molecule has 0 aromatic rings. The smallest absolute Gasteiger partial charge is 0.160 e. The molecule has 3 heteroatoms. The van der Waals surface area contributed by atoms with Crippen LogP contribution in [0.2, 0.25) is 0 Å². The first-order valence-electron chi connectivity index (χ1n) is 3.74. The van der Waals surface area contributed by atoms with Gasteiger partial charge in [-0.05, 0) is 6.42 Å². The summed E-state index contributed by atoms with van der Waals surface area (Å²) in [6.07, 6.45) is 0.641. The minimum absolute atomic E-state index is 0.146. The highest BCUT2D eigenvalue weighted by molar-refractivity contribution is 4.88. The van der Waals surface area contributed by atoms with Gasteiger partial charge in [0.25, 0.3) is 0 Å². The van der Waals surface area contributed by atoms with Gasteiger partial charge in [-0.15, -0.1) is 0 Å². The summed E-state index contributed by atoms with van der Waals surface area (Å²) in [4.78, 5) is 0. The molecule has 0 saturated carbocycles. The van der Waals surface area contributed by atoms with Gasteiger partial charge in [-0.2, -0.15) is 0 Å². The first-order chi connectivity index (χ1) is 4.79. The maximum Gasteiger partial charge on any atom is 0.160 e. The van der Waals surface area contributed by atoms with Crippen LogP contribution in [0.15, 0.2) is 0 Å². The Hall–Kier alpha value is -0.120. The standard InChI is InChI=1S/C7H12O3/c1-4-6-5(2-3-9-6)10-7(4)8/h4-8H,2-3H2,1H3/t4-,5+,6+,7?/m0/s1. The van der Waals surface area contributed by atoms with E-state index >= 15 is 0 Å². The van der Waals surface area contributed by atoms with Crippen molar-refractivity contribution in [2.24, 2.45) is 5.92 Å². The number of hydrogen-bond acceptors (Lipinski definition) is 3. The Morgan fingerprint density at radius 2 is 2.30 bits per heavy atom. The molecule has 0 aromatic carbocycles. The summed E-state index contributed by atoms with van der Waals surface area (Å²) in [5, 5.41) is 9.20. The zero-order chi connectivity index (χ0) is 7.14. The summed E-state index contributed by atoms with van der Waals surface area (Å²) in [5.41, 5.74) is 0. The molecular formula is C7H12O3. The number of hydrogen-bond donors (Lipinski definition) is 1. The van der Waals surface area contributed by atoms with E-state index in [1.807, 2.05) is 6.92 Å². The lowest BCUT2D eigenvalue weighted by molar-refractivity contribution is -0.106. The fourth-order valence-corrected chi connectivity index (χ4v) is 1.69. The van der Waals surface area contributed by atoms with Crippen LogP contribution in [0.25, 0.3) is 0 Å². The van der Waals surface area contributed by atoms with E-state index in [4.69, 9.17) is 9.47 Å². The molecule has 0 amide bonds. The van der Waals surface area contributed by atoms with Gasteiger partial charge in [0.15, 0.2) is 6.29 Å². The fourth-order valence-electron chi connectivity index (χ4n) is 1.69. The molecule has 4 atom stereocenters. The molecular weight excluding hydrogens is 132 g/mol. The largest absolute Gasteiger partial charge is 0.375 e. The van der Waals surface area contributed by atoms with E-state index in [0.717, 1.165) is 13.0 Å². The van der Waals surface area contributed by atoms with Gasteiger partial charge in [0.1, 0.15) is 0 Å². The van der Waals surface area contributed by atoms with Gasteiger partial charge >= 0.3 is 0 Å². The summed E-state index contributed by atoms with van der Waals surface area (Å²) >= 11 is 0. The number of ether oxygens (including phenoxy) is 2. The van der Waals surface area contributed by atoms with Crippen LogP contribution in [0.5, 0.6) is 0 Å². The number of aliphatic hydroxyl groups excluding tert-OH is 1. The molecule has 2 rings (SSSR count). The Morgan fingerprint density at radius 3 is 3.00 bits per heavy atom. The van der Waals surface area contributed by atoms with Crippen LogP contribution in [0.1, 0.15) is 13.3 Å². The van der Waals surface area contributed by atoms with Crippen molar-refractivity contribution in [1.82, 2.24) is 0 Å². The summed E-state index contributed by atoms with van der Waals surface area (Å²) in [5.74, 6) is 0.146. The molecule has 0 aliphatic carbocycles. The molecule has 2 aliphatic heterocycles. The summed E-state index contributed by atoms with van der Waals surface area (Å²) in [6.45, 7) is 2.74. The first-order valence-corrected chi connectivity index (χ1v) is 3.74. The second-order valence-electron chi connectivity index (χ2n) is 3.05. The SMILES string of the molecule is C[C@@H]1C(O)O[C@@H]2CCO[C@H]12. The summed E-state index contributed by atoms with van der Waals surface area (Å²) in [6, 6.07) is 0. The fraction of sp³-hybridized carbons (Fsp3) is 1.00. The van der Waals surface area contributed by atoms with Gasteiger partial charge in [-0.25, -0.2) is 0 Å². The highest BCUT2D eigenvalue weighted by Gasteiger charge is 2.44. The molecule has 0 bridgehead atoms. The van der Waals surface area contributed by atoms with Crippen LogP contribution < -0.4 is 0 Å². The third-order valence-electron chi connectivity index (χ3n) is 2.36. The minimum atomic E-state index is -0.602. The van der Waals surface area contributed by atoms with Crippen molar-refractivity contribution in [2.75, 3.05) is 6.61 Å². The Kier molecular flexibility index (Phi) is 1.44. The van der Waals surface area contributed by atoms with Crippen molar-refractivity contribution >= 4 is 0 Å². The topological polar surface area (TPSA) is 38.7 Å². The number of rotatable bonds is 0. The second kappa shape index (κ2) is 2.19. The average Bonchev–Trinajstić information content (AvgIpc) is 2.41. The predicted molar refractivity (Wildman–Crippen MR) is 34.4 cm³/mol. The van der Waals surface area contributed by atoms with Crippen LogP contribution in [0.4, 0.5) is 0 Å². The predicted octanol–water partition coefficient (Wildman–Crippen LogP) is 0.129. The Balaban J connectivity index is 2.09. The van der Waals surface area contributed by atoms with Crippen molar-refractivity contribution in [1.29, 1.82) is 0 Å². The molecule has 1 N–H and O–H groups in total. The van der Waals surface area contributed by atoms with Crippen LogP contribution in [-0.2, 0) is 9.47 Å². The van der Waals surface area contributed by atoms with Gasteiger partial charge in [-0.1, -0.05) is 6.92 Å². The Labute approximate surface area is 59.9 Å². The van der Waals surface area contributed by atoms with Gasteiger partial charge < -0.3 is 14.6 Å². The van der Waals surface area contributed by atoms with E-state index in [1.54, 1.807) is 0 Å². The highest BCUT2D eigenvalue weighted by atomic mass is 16.6. The molecule has 0 radical (unpaired) electrons. The number of aliphatic hydroxyl groups is 1. The van der Waals surface area contributed by atoms with Crippen LogP contribution in [0, 0.1) is 5.92 Å². The molecule has 58 valence electrons. The van der Waals surface area contributed by atoms with E-state index in [-0.39, 0.29) is 18.1 Å². The third kappa shape index (κ3) is 0.779. The molecule has 2 saturated heterocycles. The number of fused-ring (bicyclic) bond motifs is 1. The van der Waals surface area contributed by atoms with E-state index in [2.05, 4.69) is 0 Å². The van der Waals surface area contributed by atoms with E-state index in [1.165, 1.54) is 0 Å². The van der Waals surface area contributed by atoms with E-state index in [9.17, 15) is 5.11 Å². The van der Waals surface area contributed by atoms with Gasteiger partial charge in [0, 0.05) is 12.5 Å². The first kappa shape index (κ1) is 6.58. The van der Waals surface area contributed by atoms with Gasteiger partial charge in [-0.3, -0.25) is 0 Å². The molecule has 2 fully saturated rings. The molecule has 2 heterocycles. The van der Waals surface area contributed by atoms with Crippen molar-refractivity contribution in [2.45, 2.75) is 31.8 Å². The molecule has 0 spiro atoms. The van der Waals surface area contributed by atoms with Crippen molar-refractivity contribution < 1.29 is 14.6 Å². The molecule has 0 aromatic heterocycles. The Morgan fingerprint density at radius 1 is 1.50 bits per heavy atom. The maximum atomic E-state index is 9.20. The monoisotopic (exact) mass is 144 g/mol. The highest BCUT2D eigenvalue weighted by Crippen LogP contribution is 2.33. The molecule has 1 unspecified atom stereocenters.